The van der Waals surface area contributed by atoms with Gasteiger partial charge in [0.1, 0.15) is 5.01 Å². The molecular formula is C17H14N2OS2. The Labute approximate surface area is 136 Å². The summed E-state index contributed by atoms with van der Waals surface area (Å²) < 4.78 is 1.15. The zero-order chi connectivity index (χ0) is 14.9. The monoisotopic (exact) mass is 326 g/mol. The molecule has 4 rings (SSSR count). The zero-order valence-corrected chi connectivity index (χ0v) is 13.5. The van der Waals surface area contributed by atoms with Gasteiger partial charge in [0.2, 0.25) is 5.91 Å². The second-order valence-corrected chi connectivity index (χ2v) is 7.29. The Balaban J connectivity index is 1.49. The molecule has 22 heavy (non-hydrogen) atoms. The molecule has 1 aliphatic rings. The van der Waals surface area contributed by atoms with E-state index in [0.29, 0.717) is 0 Å². The molecule has 1 aliphatic heterocycles. The first-order valence-corrected chi connectivity index (χ1v) is 8.87. The Morgan fingerprint density at radius 1 is 1.27 bits per heavy atom. The lowest BCUT2D eigenvalue weighted by Crippen LogP contribution is -2.34. The van der Waals surface area contributed by atoms with Crippen molar-refractivity contribution in [2.45, 2.75) is 13.0 Å². The Bertz CT molecular complexity index is 829. The maximum absolute atomic E-state index is 12.3. The van der Waals surface area contributed by atoms with Gasteiger partial charge in [0.05, 0.1) is 10.2 Å². The Morgan fingerprint density at radius 3 is 3.09 bits per heavy atom. The van der Waals surface area contributed by atoms with E-state index < -0.39 is 0 Å². The predicted octanol–water partition coefficient (Wildman–Crippen LogP) is 3.96. The molecule has 3 heterocycles. The number of benzene rings is 1. The summed E-state index contributed by atoms with van der Waals surface area (Å²) in [4.78, 5) is 20.2. The number of fused-ring (bicyclic) bond motifs is 2. The van der Waals surface area contributed by atoms with E-state index in [9.17, 15) is 4.79 Å². The lowest BCUT2D eigenvalue weighted by atomic mass is 10.1. The molecule has 1 amide bonds. The number of hydrogen-bond donors (Lipinski definition) is 0. The van der Waals surface area contributed by atoms with Crippen molar-refractivity contribution in [1.29, 1.82) is 0 Å². The first kappa shape index (κ1) is 13.7. The van der Waals surface area contributed by atoms with Gasteiger partial charge in [0.25, 0.3) is 0 Å². The van der Waals surface area contributed by atoms with E-state index >= 15 is 0 Å². The van der Waals surface area contributed by atoms with Crippen LogP contribution in [0.15, 0.2) is 41.8 Å². The highest BCUT2D eigenvalue weighted by molar-refractivity contribution is 7.19. The van der Waals surface area contributed by atoms with Crippen molar-refractivity contribution in [3.63, 3.8) is 0 Å². The topological polar surface area (TPSA) is 33.2 Å². The molecule has 1 aromatic carbocycles. The molecule has 0 aliphatic carbocycles. The fourth-order valence-electron chi connectivity index (χ4n) is 2.65. The molecule has 0 unspecified atom stereocenters. The van der Waals surface area contributed by atoms with Crippen LogP contribution in [0.2, 0.25) is 0 Å². The standard InChI is InChI=1S/C17H14N2OS2/c20-17(19-9-7-14-12(11-19)8-10-21-14)6-5-16-18-13-3-1-2-4-15(13)22-16/h1-6,8,10H,7,9,11H2. The van der Waals surface area contributed by atoms with Gasteiger partial charge in [-0.2, -0.15) is 0 Å². The minimum atomic E-state index is 0.0658. The Kier molecular flexibility index (Phi) is 3.52. The number of amides is 1. The number of thiazole rings is 1. The van der Waals surface area contributed by atoms with Crippen molar-refractivity contribution in [2.75, 3.05) is 6.54 Å². The van der Waals surface area contributed by atoms with Gasteiger partial charge < -0.3 is 4.90 Å². The minimum Gasteiger partial charge on any atom is -0.334 e. The smallest absolute Gasteiger partial charge is 0.246 e. The fraction of sp³-hybridized carbons (Fsp3) is 0.176. The lowest BCUT2D eigenvalue weighted by Gasteiger charge is -2.25. The minimum absolute atomic E-state index is 0.0658. The molecule has 0 saturated carbocycles. The van der Waals surface area contributed by atoms with E-state index in [4.69, 9.17) is 0 Å². The normalized spacial score (nSPS) is 14.6. The van der Waals surface area contributed by atoms with Gasteiger partial charge in [-0.15, -0.1) is 22.7 Å². The van der Waals surface area contributed by atoms with Crippen LogP contribution in [0, 0.1) is 0 Å². The highest BCUT2D eigenvalue weighted by Gasteiger charge is 2.19. The molecule has 3 aromatic rings. The summed E-state index contributed by atoms with van der Waals surface area (Å²) in [7, 11) is 0. The van der Waals surface area contributed by atoms with Gasteiger partial charge in [-0.05, 0) is 41.6 Å². The molecule has 0 radical (unpaired) electrons. The second-order valence-electron chi connectivity index (χ2n) is 5.23. The number of hydrogen-bond acceptors (Lipinski definition) is 4. The number of aromatic nitrogens is 1. The molecule has 0 saturated heterocycles. The molecule has 2 aromatic heterocycles. The van der Waals surface area contributed by atoms with Gasteiger partial charge in [0.15, 0.2) is 0 Å². The number of nitrogens with zero attached hydrogens (tertiary/aromatic N) is 2. The average molecular weight is 326 g/mol. The lowest BCUT2D eigenvalue weighted by molar-refractivity contribution is -0.126. The molecule has 0 spiro atoms. The van der Waals surface area contributed by atoms with Crippen LogP contribution in [-0.2, 0) is 17.8 Å². The molecule has 5 heteroatoms. The summed E-state index contributed by atoms with van der Waals surface area (Å²) in [5.41, 5.74) is 2.28. The predicted molar refractivity (Wildman–Crippen MR) is 92.1 cm³/mol. The second kappa shape index (κ2) is 5.66. The molecule has 0 atom stereocenters. The van der Waals surface area contributed by atoms with Crippen LogP contribution in [-0.4, -0.2) is 22.3 Å². The van der Waals surface area contributed by atoms with Crippen molar-refractivity contribution < 1.29 is 4.79 Å². The van der Waals surface area contributed by atoms with E-state index in [2.05, 4.69) is 22.5 Å². The number of rotatable bonds is 2. The van der Waals surface area contributed by atoms with Gasteiger partial charge in [-0.3, -0.25) is 4.79 Å². The van der Waals surface area contributed by atoms with Crippen LogP contribution in [0.5, 0.6) is 0 Å². The maximum atomic E-state index is 12.3. The van der Waals surface area contributed by atoms with Crippen molar-refractivity contribution in [1.82, 2.24) is 9.88 Å². The summed E-state index contributed by atoms with van der Waals surface area (Å²) in [6.07, 6.45) is 4.44. The molecule has 0 fully saturated rings. The van der Waals surface area contributed by atoms with Gasteiger partial charge in [-0.25, -0.2) is 4.98 Å². The largest absolute Gasteiger partial charge is 0.334 e. The Hall–Kier alpha value is -1.98. The van der Waals surface area contributed by atoms with E-state index in [1.807, 2.05) is 29.2 Å². The van der Waals surface area contributed by atoms with Crippen molar-refractivity contribution in [3.05, 3.63) is 57.2 Å². The highest BCUT2D eigenvalue weighted by atomic mass is 32.1. The summed E-state index contributed by atoms with van der Waals surface area (Å²) in [6.45, 7) is 1.53. The van der Waals surface area contributed by atoms with Crippen molar-refractivity contribution >= 4 is 44.9 Å². The zero-order valence-electron chi connectivity index (χ0n) is 11.9. The maximum Gasteiger partial charge on any atom is 0.246 e. The van der Waals surface area contributed by atoms with Crippen LogP contribution in [0.4, 0.5) is 0 Å². The van der Waals surface area contributed by atoms with E-state index in [1.54, 1.807) is 28.7 Å². The van der Waals surface area contributed by atoms with Gasteiger partial charge >= 0.3 is 0 Å². The number of para-hydroxylation sites is 1. The third-order valence-electron chi connectivity index (χ3n) is 3.80. The van der Waals surface area contributed by atoms with Gasteiger partial charge in [0, 0.05) is 24.0 Å². The third kappa shape index (κ3) is 2.58. The van der Waals surface area contributed by atoms with E-state index in [1.165, 1.54) is 10.4 Å². The van der Waals surface area contributed by atoms with Crippen molar-refractivity contribution in [2.24, 2.45) is 0 Å². The van der Waals surface area contributed by atoms with E-state index in [-0.39, 0.29) is 5.91 Å². The van der Waals surface area contributed by atoms with Crippen LogP contribution >= 0.6 is 22.7 Å². The molecular weight excluding hydrogens is 312 g/mol. The highest BCUT2D eigenvalue weighted by Crippen LogP contribution is 2.25. The van der Waals surface area contributed by atoms with Crippen LogP contribution in [0.3, 0.4) is 0 Å². The van der Waals surface area contributed by atoms with Crippen LogP contribution < -0.4 is 0 Å². The molecule has 0 N–H and O–H groups in total. The van der Waals surface area contributed by atoms with E-state index in [0.717, 1.165) is 34.7 Å². The first-order valence-electron chi connectivity index (χ1n) is 7.17. The summed E-state index contributed by atoms with van der Waals surface area (Å²) in [5.74, 6) is 0.0658. The quantitative estimate of drug-likeness (QED) is 0.668. The summed E-state index contributed by atoms with van der Waals surface area (Å²) in [6, 6.07) is 10.2. The molecule has 110 valence electrons. The third-order valence-corrected chi connectivity index (χ3v) is 5.82. The molecule has 3 nitrogen and oxygen atoms in total. The molecule has 0 bridgehead atoms. The van der Waals surface area contributed by atoms with Crippen LogP contribution in [0.25, 0.3) is 16.3 Å². The van der Waals surface area contributed by atoms with Crippen LogP contribution in [0.1, 0.15) is 15.4 Å². The number of carbonyl (C=O) groups is 1. The SMILES string of the molecule is O=C(C=Cc1nc2ccccc2s1)N1CCc2sccc2C1. The van der Waals surface area contributed by atoms with Gasteiger partial charge in [-0.1, -0.05) is 12.1 Å². The Morgan fingerprint density at radius 2 is 2.18 bits per heavy atom. The fourth-order valence-corrected chi connectivity index (χ4v) is 4.41. The first-order chi connectivity index (χ1) is 10.8. The number of thiophene rings is 1. The number of carbonyl (C=O) groups excluding carboxylic acids is 1. The summed E-state index contributed by atoms with van der Waals surface area (Å²) >= 11 is 3.40. The van der Waals surface area contributed by atoms with Crippen molar-refractivity contribution in [3.8, 4) is 0 Å². The summed E-state index contributed by atoms with van der Waals surface area (Å²) in [5, 5.41) is 2.98. The average Bonchev–Trinajstić information content (AvgIpc) is 3.17.